The van der Waals surface area contributed by atoms with E-state index >= 15 is 0 Å². The number of nitrogens with one attached hydrogen (secondary N) is 2. The van der Waals surface area contributed by atoms with Crippen LogP contribution in [0.1, 0.15) is 91.9 Å². The van der Waals surface area contributed by atoms with Gasteiger partial charge in [-0.25, -0.2) is 5.43 Å². The minimum absolute atomic E-state index is 0.0673. The Bertz CT molecular complexity index is 687. The summed E-state index contributed by atoms with van der Waals surface area (Å²) >= 11 is 0. The van der Waals surface area contributed by atoms with Crippen molar-refractivity contribution in [1.82, 2.24) is 10.9 Å². The van der Waals surface area contributed by atoms with Gasteiger partial charge in [-0.2, -0.15) is 0 Å². The summed E-state index contributed by atoms with van der Waals surface area (Å²) < 4.78 is 0. The van der Waals surface area contributed by atoms with Crippen LogP contribution in [0.4, 0.5) is 0 Å². The van der Waals surface area contributed by atoms with E-state index < -0.39 is 6.23 Å². The molecule has 0 heterocycles. The maximum Gasteiger partial charge on any atom is 0.234 e. The molecule has 0 bridgehead atoms. The van der Waals surface area contributed by atoms with E-state index in [2.05, 4.69) is 31.6 Å². The van der Waals surface area contributed by atoms with Crippen molar-refractivity contribution in [2.45, 2.75) is 110 Å². The summed E-state index contributed by atoms with van der Waals surface area (Å²) in [5, 5.41) is 30.9. The van der Waals surface area contributed by atoms with Crippen molar-refractivity contribution < 1.29 is 20.1 Å². The number of hydrazine groups is 1. The zero-order valence-corrected chi connectivity index (χ0v) is 20.5. The highest BCUT2D eigenvalue weighted by atomic mass is 16.3. The number of rotatable bonds is 6. The lowest BCUT2D eigenvalue weighted by Gasteiger charge is -2.62. The second-order valence-corrected chi connectivity index (χ2v) is 12.3. The summed E-state index contributed by atoms with van der Waals surface area (Å²) in [6.45, 7) is 8.82. The monoisotopic (exact) mass is 450 g/mol. The third kappa shape index (κ3) is 4.25. The van der Waals surface area contributed by atoms with E-state index in [9.17, 15) is 20.1 Å². The lowest BCUT2D eigenvalue weighted by atomic mass is 9.43. The van der Waals surface area contributed by atoms with Gasteiger partial charge in [-0.05, 0) is 111 Å². The van der Waals surface area contributed by atoms with Gasteiger partial charge in [0.15, 0.2) is 0 Å². The van der Waals surface area contributed by atoms with Crippen molar-refractivity contribution in [1.29, 1.82) is 0 Å². The maximum absolute atomic E-state index is 12.1. The Morgan fingerprint density at radius 3 is 2.41 bits per heavy atom. The lowest BCUT2D eigenvalue weighted by Crippen LogP contribution is -2.58. The topological polar surface area (TPSA) is 102 Å². The van der Waals surface area contributed by atoms with Crippen molar-refractivity contribution in [2.75, 3.05) is 0 Å². The smallest absolute Gasteiger partial charge is 0.234 e. The molecule has 6 heteroatoms. The van der Waals surface area contributed by atoms with Crippen molar-refractivity contribution in [3.05, 3.63) is 0 Å². The minimum Gasteiger partial charge on any atom is -0.393 e. The van der Waals surface area contributed by atoms with E-state index in [0.717, 1.165) is 32.1 Å². The number of fused-ring (bicyclic) bond motifs is 5. The molecule has 4 fully saturated rings. The summed E-state index contributed by atoms with van der Waals surface area (Å²) in [6, 6.07) is 0. The Morgan fingerprint density at radius 2 is 1.69 bits per heavy atom. The lowest BCUT2D eigenvalue weighted by molar-refractivity contribution is -0.174. The summed E-state index contributed by atoms with van der Waals surface area (Å²) in [4.78, 5) is 12.1. The van der Waals surface area contributed by atoms with Gasteiger partial charge in [0, 0.05) is 6.42 Å². The predicted molar refractivity (Wildman–Crippen MR) is 124 cm³/mol. The number of carbonyl (C=O) groups excluding carboxylic acids is 1. The number of hydrogen-bond acceptors (Lipinski definition) is 5. The molecule has 184 valence electrons. The quantitative estimate of drug-likeness (QED) is 0.316. The van der Waals surface area contributed by atoms with Gasteiger partial charge in [-0.3, -0.25) is 10.2 Å². The molecule has 4 saturated carbocycles. The molecule has 32 heavy (non-hydrogen) atoms. The first-order valence-electron chi connectivity index (χ1n) is 13.1. The number of hydrogen-bond donors (Lipinski definition) is 5. The Morgan fingerprint density at radius 1 is 1.00 bits per heavy atom. The van der Waals surface area contributed by atoms with Crippen LogP contribution >= 0.6 is 0 Å². The highest BCUT2D eigenvalue weighted by Crippen LogP contribution is 2.68. The predicted octanol–water partition coefficient (Wildman–Crippen LogP) is 3.35. The van der Waals surface area contributed by atoms with Crippen LogP contribution < -0.4 is 10.9 Å². The van der Waals surface area contributed by atoms with Gasteiger partial charge in [0.1, 0.15) is 6.23 Å². The molecule has 0 radical (unpaired) electrons. The molecule has 4 aliphatic rings. The van der Waals surface area contributed by atoms with Crippen molar-refractivity contribution in [3.8, 4) is 0 Å². The number of carbonyl (C=O) groups is 1. The third-order valence-corrected chi connectivity index (χ3v) is 10.7. The van der Waals surface area contributed by atoms with Crippen molar-refractivity contribution in [2.24, 2.45) is 46.3 Å². The highest BCUT2D eigenvalue weighted by Gasteiger charge is 2.62. The van der Waals surface area contributed by atoms with Gasteiger partial charge < -0.3 is 15.3 Å². The molecule has 4 aliphatic carbocycles. The molecule has 0 spiro atoms. The van der Waals surface area contributed by atoms with E-state index in [4.69, 9.17) is 0 Å². The molecule has 0 aromatic carbocycles. The summed E-state index contributed by atoms with van der Waals surface area (Å²) in [5.74, 6) is 2.98. The SMILES string of the molecule is CC(O)NNC(=O)CC[C@@H](C)[C@H]1CC[C@H]2[C@@H]3[C@@H](O)C[C@@H]4C[C@H](O)CC[C@]4(C)[C@H]3CC[C@]12C. The van der Waals surface area contributed by atoms with E-state index in [-0.39, 0.29) is 28.9 Å². The molecule has 0 aromatic heterocycles. The van der Waals surface area contributed by atoms with E-state index in [1.807, 2.05) is 0 Å². The first kappa shape index (κ1) is 24.4. The van der Waals surface area contributed by atoms with Crippen LogP contribution in [-0.4, -0.2) is 39.7 Å². The molecular weight excluding hydrogens is 404 g/mol. The molecular formula is C26H46N2O4. The molecule has 5 N–H and O–H groups in total. The number of amides is 1. The Balaban J connectivity index is 1.43. The van der Waals surface area contributed by atoms with Gasteiger partial charge >= 0.3 is 0 Å². The van der Waals surface area contributed by atoms with Crippen LogP contribution in [0.3, 0.4) is 0 Å². The second-order valence-electron chi connectivity index (χ2n) is 12.3. The maximum atomic E-state index is 12.1. The van der Waals surface area contributed by atoms with Crippen LogP contribution in [-0.2, 0) is 4.79 Å². The molecule has 0 aromatic rings. The summed E-state index contributed by atoms with van der Waals surface area (Å²) in [7, 11) is 0. The van der Waals surface area contributed by atoms with Crippen LogP contribution in [0.25, 0.3) is 0 Å². The zero-order chi connectivity index (χ0) is 23.3. The van der Waals surface area contributed by atoms with Crippen LogP contribution in [0.15, 0.2) is 0 Å². The number of aliphatic hydroxyl groups excluding tert-OH is 3. The highest BCUT2D eigenvalue weighted by molar-refractivity contribution is 5.75. The standard InChI is InChI=1S/C26H46N2O4/c1-15(5-8-23(32)28-27-16(2)29)19-6-7-20-24-21(10-12-26(19,20)4)25(3)11-9-18(30)13-17(25)14-22(24)31/h15-22,24,27,29-31H,5-14H2,1-4H3,(H,28,32)/t15-,16?,17+,18-,19-,20+,21+,22+,24+,25+,26-/m1/s1. The van der Waals surface area contributed by atoms with Crippen molar-refractivity contribution >= 4 is 5.91 Å². The summed E-state index contributed by atoms with van der Waals surface area (Å²) in [5.41, 5.74) is 5.66. The molecule has 11 atom stereocenters. The molecule has 1 amide bonds. The average Bonchev–Trinajstić information content (AvgIpc) is 3.09. The van der Waals surface area contributed by atoms with Gasteiger partial charge in [0.05, 0.1) is 12.2 Å². The van der Waals surface area contributed by atoms with Crippen LogP contribution in [0.5, 0.6) is 0 Å². The fourth-order valence-corrected chi connectivity index (χ4v) is 8.98. The van der Waals surface area contributed by atoms with Crippen LogP contribution in [0, 0.1) is 46.3 Å². The average molecular weight is 451 g/mol. The molecule has 1 unspecified atom stereocenters. The van der Waals surface area contributed by atoms with Gasteiger partial charge in [-0.1, -0.05) is 20.8 Å². The first-order chi connectivity index (χ1) is 15.1. The normalized spacial score (nSPS) is 47.7. The van der Waals surface area contributed by atoms with E-state index in [1.165, 1.54) is 25.7 Å². The summed E-state index contributed by atoms with van der Waals surface area (Å²) in [6.07, 6.45) is 8.71. The molecule has 0 aliphatic heterocycles. The van der Waals surface area contributed by atoms with Gasteiger partial charge in [-0.15, -0.1) is 0 Å². The van der Waals surface area contributed by atoms with Gasteiger partial charge in [0.25, 0.3) is 0 Å². The zero-order valence-electron chi connectivity index (χ0n) is 20.5. The Labute approximate surface area is 193 Å². The van der Waals surface area contributed by atoms with Crippen molar-refractivity contribution in [3.63, 3.8) is 0 Å². The fourth-order valence-electron chi connectivity index (χ4n) is 8.98. The largest absolute Gasteiger partial charge is 0.393 e. The third-order valence-electron chi connectivity index (χ3n) is 10.7. The first-order valence-corrected chi connectivity index (χ1v) is 13.1. The van der Waals surface area contributed by atoms with Crippen LogP contribution in [0.2, 0.25) is 0 Å². The van der Waals surface area contributed by atoms with Gasteiger partial charge in [0.2, 0.25) is 5.91 Å². The Hall–Kier alpha value is -0.690. The second kappa shape index (κ2) is 9.16. The Kier molecular flexibility index (Phi) is 7.00. The molecule has 4 rings (SSSR count). The molecule has 6 nitrogen and oxygen atoms in total. The van der Waals surface area contributed by atoms with E-state index in [0.29, 0.717) is 41.9 Å². The van der Waals surface area contributed by atoms with E-state index in [1.54, 1.807) is 6.92 Å². The minimum atomic E-state index is -0.753. The molecule has 0 saturated heterocycles. The number of aliphatic hydroxyl groups is 3. The fraction of sp³-hybridized carbons (Fsp3) is 0.962.